The molecule has 0 atom stereocenters. The van der Waals surface area contributed by atoms with Gasteiger partial charge in [0.05, 0.1) is 15.7 Å². The number of hydrogen-bond acceptors (Lipinski definition) is 5. The molecule has 7 nitrogen and oxygen atoms in total. The number of nitrogens with zero attached hydrogens (tertiary/aromatic N) is 3. The molecule has 0 spiro atoms. The lowest BCUT2D eigenvalue weighted by molar-refractivity contribution is 0.0770. The van der Waals surface area contributed by atoms with Crippen LogP contribution < -0.4 is 15.4 Å². The molecular weight excluding hydrogens is 494 g/mol. The fourth-order valence-electron chi connectivity index (χ4n) is 3.91. The first-order valence-corrected chi connectivity index (χ1v) is 11.5. The highest BCUT2D eigenvalue weighted by molar-refractivity contribution is 6.39. The van der Waals surface area contributed by atoms with Gasteiger partial charge in [-0.2, -0.15) is 4.98 Å². The number of carbonyl (C=O) groups is 1. The van der Waals surface area contributed by atoms with Crippen molar-refractivity contribution in [3.05, 3.63) is 39.6 Å². The molecule has 1 aliphatic carbocycles. The number of rotatable bonds is 7. The molecule has 1 saturated carbocycles. The zero-order chi connectivity index (χ0) is 24.4. The number of alkyl halides is 2. The average Bonchev–Trinajstić information content (AvgIpc) is 3.09. The topological polar surface area (TPSA) is 81.1 Å². The predicted molar refractivity (Wildman–Crippen MR) is 124 cm³/mol. The van der Waals surface area contributed by atoms with Gasteiger partial charge in [0.15, 0.2) is 12.3 Å². The molecule has 2 heterocycles. The van der Waals surface area contributed by atoms with E-state index in [9.17, 15) is 18.0 Å². The molecule has 0 aliphatic heterocycles. The number of ether oxygens (including phenoxy) is 1. The van der Waals surface area contributed by atoms with Gasteiger partial charge < -0.3 is 15.4 Å². The number of imidazole rings is 1. The lowest BCUT2D eigenvalue weighted by Crippen LogP contribution is -2.36. The van der Waals surface area contributed by atoms with Crippen molar-refractivity contribution in [2.24, 2.45) is 7.05 Å². The second-order valence-corrected chi connectivity index (χ2v) is 8.87. The summed E-state index contributed by atoms with van der Waals surface area (Å²) in [5.41, 5.74) is 0.835. The lowest BCUT2D eigenvalue weighted by Gasteiger charge is -2.23. The minimum Gasteiger partial charge on any atom is -0.471 e. The number of hydrogen-bond donors (Lipinski definition) is 2. The number of carbonyl (C=O) groups excluding carboxylic acids is 1. The molecule has 1 fully saturated rings. The van der Waals surface area contributed by atoms with Crippen molar-refractivity contribution in [3.8, 4) is 5.88 Å². The first-order chi connectivity index (χ1) is 16.2. The van der Waals surface area contributed by atoms with E-state index in [-0.39, 0.29) is 44.8 Å². The Morgan fingerprint density at radius 2 is 1.85 bits per heavy atom. The minimum absolute atomic E-state index is 0.00335. The standard InChI is InChI=1S/C22H22Cl2F3N5O2/c1-32-19-16(29-22(32)30-18-14(23)7-11(25)8-15(18)24)9-13(21(31-19)34-10-17(26)27)20(33)28-12-5-3-2-4-6-12/h7-9,12,17H,2-6,10H2,1H3,(H,28,33)(H,29,30). The van der Waals surface area contributed by atoms with Gasteiger partial charge in [-0.15, -0.1) is 0 Å². The van der Waals surface area contributed by atoms with Crippen molar-refractivity contribution >= 4 is 51.9 Å². The van der Waals surface area contributed by atoms with Crippen LogP contribution in [0, 0.1) is 5.82 Å². The Labute approximate surface area is 203 Å². The number of aryl methyl sites for hydroxylation is 1. The van der Waals surface area contributed by atoms with Gasteiger partial charge in [-0.3, -0.25) is 9.36 Å². The van der Waals surface area contributed by atoms with Crippen molar-refractivity contribution in [1.82, 2.24) is 19.9 Å². The van der Waals surface area contributed by atoms with Crippen molar-refractivity contribution in [3.63, 3.8) is 0 Å². The van der Waals surface area contributed by atoms with Gasteiger partial charge in [-0.05, 0) is 31.0 Å². The molecule has 1 amide bonds. The number of benzene rings is 1. The number of anilines is 2. The highest BCUT2D eigenvalue weighted by Gasteiger charge is 2.24. The van der Waals surface area contributed by atoms with Crippen LogP contribution in [0.3, 0.4) is 0 Å². The van der Waals surface area contributed by atoms with Gasteiger partial charge in [0.1, 0.15) is 16.9 Å². The smallest absolute Gasteiger partial charge is 0.272 e. The van der Waals surface area contributed by atoms with Crippen molar-refractivity contribution in [1.29, 1.82) is 0 Å². The predicted octanol–water partition coefficient (Wildman–Crippen LogP) is 5.86. The molecule has 0 saturated heterocycles. The summed E-state index contributed by atoms with van der Waals surface area (Å²) in [6, 6.07) is 3.64. The van der Waals surface area contributed by atoms with Crippen molar-refractivity contribution in [2.45, 2.75) is 44.6 Å². The molecule has 2 aromatic heterocycles. The van der Waals surface area contributed by atoms with Crippen LogP contribution in [0.15, 0.2) is 18.2 Å². The Bertz CT molecular complexity index is 1190. The summed E-state index contributed by atoms with van der Waals surface area (Å²) >= 11 is 12.2. The number of amides is 1. The zero-order valence-electron chi connectivity index (χ0n) is 18.2. The Balaban J connectivity index is 1.70. The van der Waals surface area contributed by atoms with Crippen LogP contribution >= 0.6 is 23.2 Å². The van der Waals surface area contributed by atoms with E-state index in [0.29, 0.717) is 5.52 Å². The Hall–Kier alpha value is -2.72. The molecule has 0 bridgehead atoms. The highest BCUT2D eigenvalue weighted by atomic mass is 35.5. The van der Waals surface area contributed by atoms with Gasteiger partial charge in [-0.1, -0.05) is 42.5 Å². The van der Waals surface area contributed by atoms with E-state index in [0.717, 1.165) is 44.2 Å². The molecule has 0 unspecified atom stereocenters. The number of pyridine rings is 1. The van der Waals surface area contributed by atoms with Crippen LogP contribution in [0.2, 0.25) is 10.0 Å². The molecule has 4 rings (SSSR count). The normalized spacial score (nSPS) is 14.6. The van der Waals surface area contributed by atoms with E-state index in [1.807, 2.05) is 0 Å². The number of nitrogens with one attached hydrogen (secondary N) is 2. The Morgan fingerprint density at radius 3 is 2.50 bits per heavy atom. The van der Waals surface area contributed by atoms with Gasteiger partial charge in [0.2, 0.25) is 11.8 Å². The summed E-state index contributed by atoms with van der Waals surface area (Å²) in [4.78, 5) is 21.7. The molecular formula is C22H22Cl2F3N5O2. The minimum atomic E-state index is -2.74. The monoisotopic (exact) mass is 515 g/mol. The van der Waals surface area contributed by atoms with E-state index < -0.39 is 24.8 Å². The van der Waals surface area contributed by atoms with Crippen LogP contribution in [0.25, 0.3) is 11.2 Å². The van der Waals surface area contributed by atoms with Gasteiger partial charge in [-0.25, -0.2) is 18.2 Å². The third kappa shape index (κ3) is 5.33. The first kappa shape index (κ1) is 24.4. The first-order valence-electron chi connectivity index (χ1n) is 10.7. The third-order valence-electron chi connectivity index (χ3n) is 5.58. The molecule has 34 heavy (non-hydrogen) atoms. The van der Waals surface area contributed by atoms with E-state index in [1.165, 1.54) is 10.6 Å². The van der Waals surface area contributed by atoms with E-state index in [1.54, 1.807) is 7.05 Å². The Kier molecular flexibility index (Phi) is 7.37. The molecule has 2 N–H and O–H groups in total. The molecule has 182 valence electrons. The highest BCUT2D eigenvalue weighted by Crippen LogP contribution is 2.34. The fourth-order valence-corrected chi connectivity index (χ4v) is 4.46. The van der Waals surface area contributed by atoms with Gasteiger partial charge in [0, 0.05) is 13.1 Å². The fraction of sp³-hybridized carbons (Fsp3) is 0.409. The summed E-state index contributed by atoms with van der Waals surface area (Å²) in [6.45, 7) is -0.911. The second-order valence-electron chi connectivity index (χ2n) is 8.06. The number of aromatic nitrogens is 3. The molecule has 0 radical (unpaired) electrons. The van der Waals surface area contributed by atoms with Crippen LogP contribution in [-0.4, -0.2) is 39.5 Å². The maximum atomic E-state index is 13.5. The molecule has 12 heteroatoms. The molecule has 1 aromatic carbocycles. The second kappa shape index (κ2) is 10.3. The summed E-state index contributed by atoms with van der Waals surface area (Å²) in [6.07, 6.45) is 2.12. The maximum Gasteiger partial charge on any atom is 0.272 e. The number of fused-ring (bicyclic) bond motifs is 1. The van der Waals surface area contributed by atoms with Gasteiger partial charge >= 0.3 is 0 Å². The number of halogens is 5. The SMILES string of the molecule is Cn1c(Nc2c(Cl)cc(F)cc2Cl)nc2cc(C(=O)NC3CCCCC3)c(OCC(F)F)nc21. The summed E-state index contributed by atoms with van der Waals surface area (Å²) < 4.78 is 45.9. The van der Waals surface area contributed by atoms with Crippen LogP contribution in [0.4, 0.5) is 24.8 Å². The quantitative estimate of drug-likeness (QED) is 0.411. The van der Waals surface area contributed by atoms with Crippen molar-refractivity contribution < 1.29 is 22.7 Å². The summed E-state index contributed by atoms with van der Waals surface area (Å²) in [7, 11) is 1.62. The zero-order valence-corrected chi connectivity index (χ0v) is 19.7. The Morgan fingerprint density at radius 1 is 1.18 bits per heavy atom. The maximum absolute atomic E-state index is 13.5. The average molecular weight is 516 g/mol. The lowest BCUT2D eigenvalue weighted by atomic mass is 9.95. The van der Waals surface area contributed by atoms with E-state index in [2.05, 4.69) is 20.6 Å². The van der Waals surface area contributed by atoms with E-state index in [4.69, 9.17) is 27.9 Å². The summed E-state index contributed by atoms with van der Waals surface area (Å²) in [5.74, 6) is -1.03. The van der Waals surface area contributed by atoms with Crippen LogP contribution in [-0.2, 0) is 7.05 Å². The van der Waals surface area contributed by atoms with Crippen LogP contribution in [0.1, 0.15) is 42.5 Å². The van der Waals surface area contributed by atoms with Crippen molar-refractivity contribution in [2.75, 3.05) is 11.9 Å². The summed E-state index contributed by atoms with van der Waals surface area (Å²) in [5, 5.41) is 5.95. The van der Waals surface area contributed by atoms with Gasteiger partial charge in [0.25, 0.3) is 12.3 Å². The molecule has 1 aliphatic rings. The largest absolute Gasteiger partial charge is 0.471 e. The van der Waals surface area contributed by atoms with Crippen LogP contribution in [0.5, 0.6) is 5.88 Å². The molecule has 3 aromatic rings. The van der Waals surface area contributed by atoms with E-state index >= 15 is 0 Å². The third-order valence-corrected chi connectivity index (χ3v) is 6.18.